The van der Waals surface area contributed by atoms with Gasteiger partial charge in [0, 0.05) is 17.8 Å². The molecule has 1 aromatic rings. The van der Waals surface area contributed by atoms with Crippen molar-refractivity contribution in [2.24, 2.45) is 5.41 Å². The molecule has 0 saturated heterocycles. The Balaban J connectivity index is 2.81. The molecule has 1 amide bonds. The number of carboxylic acid groups (broad SMARTS) is 1. The molecule has 19 heavy (non-hydrogen) atoms. The number of nitrogens with one attached hydrogen (secondary N) is 1. The number of carbonyl (C=O) groups is 2. The second-order valence-electron chi connectivity index (χ2n) is 4.92. The van der Waals surface area contributed by atoms with Gasteiger partial charge in [-0.25, -0.2) is 0 Å². The molecule has 0 bridgehead atoms. The second kappa shape index (κ2) is 5.73. The lowest BCUT2D eigenvalue weighted by molar-refractivity contribution is -0.147. The van der Waals surface area contributed by atoms with Crippen molar-refractivity contribution in [1.29, 1.82) is 0 Å². The number of amides is 1. The highest BCUT2D eigenvalue weighted by Gasteiger charge is 2.31. The zero-order valence-corrected chi connectivity index (χ0v) is 11.5. The van der Waals surface area contributed by atoms with Crippen LogP contribution in [0.4, 0.5) is 5.69 Å². The summed E-state index contributed by atoms with van der Waals surface area (Å²) < 4.78 is 0. The highest BCUT2D eigenvalue weighted by molar-refractivity contribution is 5.97. The van der Waals surface area contributed by atoms with Crippen molar-refractivity contribution in [2.45, 2.75) is 27.2 Å². The number of anilines is 1. The quantitative estimate of drug-likeness (QED) is 0.707. The van der Waals surface area contributed by atoms with E-state index in [2.05, 4.69) is 5.32 Å². The molecule has 0 aromatic heterocycles. The molecular weight excluding hydrogens is 244 g/mol. The summed E-state index contributed by atoms with van der Waals surface area (Å²) in [5.74, 6) is -1.22. The summed E-state index contributed by atoms with van der Waals surface area (Å²) in [4.78, 5) is 23.2. The summed E-state index contributed by atoms with van der Waals surface area (Å²) in [6, 6.07) is 5.10. The molecule has 5 heteroatoms. The number of benzene rings is 1. The van der Waals surface area contributed by atoms with E-state index in [9.17, 15) is 9.59 Å². The van der Waals surface area contributed by atoms with Crippen LogP contribution in [0.15, 0.2) is 18.2 Å². The highest BCUT2D eigenvalue weighted by Crippen LogP contribution is 2.21. The van der Waals surface area contributed by atoms with E-state index in [1.54, 1.807) is 39.0 Å². The predicted molar refractivity (Wildman–Crippen MR) is 74.0 cm³/mol. The molecular formula is C14H20N2O3. The van der Waals surface area contributed by atoms with Crippen LogP contribution in [0.25, 0.3) is 0 Å². The zero-order chi connectivity index (χ0) is 14.6. The number of nitrogen functional groups attached to an aromatic ring is 1. The Morgan fingerprint density at radius 2 is 2.05 bits per heavy atom. The van der Waals surface area contributed by atoms with Gasteiger partial charge in [-0.05, 0) is 38.0 Å². The van der Waals surface area contributed by atoms with E-state index >= 15 is 0 Å². The summed E-state index contributed by atoms with van der Waals surface area (Å²) in [6.45, 7) is 5.25. The molecule has 0 spiro atoms. The normalized spacial score (nSPS) is 13.6. The Labute approximate surface area is 112 Å². The first kappa shape index (κ1) is 15.0. The van der Waals surface area contributed by atoms with E-state index < -0.39 is 11.4 Å². The van der Waals surface area contributed by atoms with Crippen LogP contribution in [0.1, 0.15) is 36.2 Å². The third-order valence-corrected chi connectivity index (χ3v) is 3.56. The maximum atomic E-state index is 12.0. The molecule has 1 aromatic carbocycles. The SMILES string of the molecule is CCC(C)(CNC(=O)c1cccc(N)c1C)C(=O)O. The lowest BCUT2D eigenvalue weighted by Crippen LogP contribution is -2.40. The Morgan fingerprint density at radius 3 is 2.58 bits per heavy atom. The van der Waals surface area contributed by atoms with Crippen LogP contribution in [0.2, 0.25) is 0 Å². The number of hydrogen-bond acceptors (Lipinski definition) is 3. The van der Waals surface area contributed by atoms with Gasteiger partial charge in [0.1, 0.15) is 0 Å². The predicted octanol–water partition coefficient (Wildman–Crippen LogP) is 1.81. The first-order chi connectivity index (χ1) is 8.81. The lowest BCUT2D eigenvalue weighted by atomic mass is 9.87. The molecule has 104 valence electrons. The molecule has 1 unspecified atom stereocenters. The number of carboxylic acids is 1. The molecule has 0 aliphatic heterocycles. The second-order valence-corrected chi connectivity index (χ2v) is 4.92. The van der Waals surface area contributed by atoms with Crippen molar-refractivity contribution in [1.82, 2.24) is 5.32 Å². The first-order valence-corrected chi connectivity index (χ1v) is 6.18. The van der Waals surface area contributed by atoms with E-state index in [0.29, 0.717) is 23.2 Å². The molecule has 0 aliphatic rings. The van der Waals surface area contributed by atoms with Crippen LogP contribution >= 0.6 is 0 Å². The molecule has 0 radical (unpaired) electrons. The molecule has 4 N–H and O–H groups in total. The highest BCUT2D eigenvalue weighted by atomic mass is 16.4. The molecule has 0 fully saturated rings. The minimum absolute atomic E-state index is 0.0892. The Hall–Kier alpha value is -2.04. The van der Waals surface area contributed by atoms with Crippen LogP contribution in [-0.2, 0) is 4.79 Å². The monoisotopic (exact) mass is 264 g/mol. The van der Waals surface area contributed by atoms with Crippen molar-refractivity contribution in [3.8, 4) is 0 Å². The van der Waals surface area contributed by atoms with Crippen LogP contribution in [0.3, 0.4) is 0 Å². The standard InChI is InChI=1S/C14H20N2O3/c1-4-14(3,13(18)19)8-16-12(17)10-6-5-7-11(15)9(10)2/h5-7H,4,8,15H2,1-3H3,(H,16,17)(H,18,19). The van der Waals surface area contributed by atoms with Gasteiger partial charge >= 0.3 is 5.97 Å². The van der Waals surface area contributed by atoms with Gasteiger partial charge in [0.15, 0.2) is 0 Å². The smallest absolute Gasteiger partial charge is 0.311 e. The number of rotatable bonds is 5. The van der Waals surface area contributed by atoms with Gasteiger partial charge in [0.2, 0.25) is 0 Å². The molecule has 0 heterocycles. The molecule has 5 nitrogen and oxygen atoms in total. The number of hydrogen-bond donors (Lipinski definition) is 3. The minimum Gasteiger partial charge on any atom is -0.481 e. The Morgan fingerprint density at radius 1 is 1.42 bits per heavy atom. The van der Waals surface area contributed by atoms with E-state index in [-0.39, 0.29) is 12.5 Å². The van der Waals surface area contributed by atoms with Gasteiger partial charge in [-0.3, -0.25) is 9.59 Å². The van der Waals surface area contributed by atoms with Crippen LogP contribution in [0, 0.1) is 12.3 Å². The van der Waals surface area contributed by atoms with Gasteiger partial charge in [0.05, 0.1) is 5.41 Å². The van der Waals surface area contributed by atoms with Gasteiger partial charge < -0.3 is 16.2 Å². The summed E-state index contributed by atoms with van der Waals surface area (Å²) in [5, 5.41) is 11.8. The van der Waals surface area contributed by atoms with Crippen LogP contribution in [0.5, 0.6) is 0 Å². The number of carbonyl (C=O) groups excluding carboxylic acids is 1. The van der Waals surface area contributed by atoms with E-state index in [1.807, 2.05) is 0 Å². The van der Waals surface area contributed by atoms with Gasteiger partial charge in [-0.1, -0.05) is 13.0 Å². The summed E-state index contributed by atoms with van der Waals surface area (Å²) in [5.41, 5.74) is 6.51. The Bertz CT molecular complexity index is 499. The van der Waals surface area contributed by atoms with Gasteiger partial charge in [0.25, 0.3) is 5.91 Å². The maximum absolute atomic E-state index is 12.0. The maximum Gasteiger partial charge on any atom is 0.311 e. The van der Waals surface area contributed by atoms with Crippen LogP contribution < -0.4 is 11.1 Å². The third-order valence-electron chi connectivity index (χ3n) is 3.56. The zero-order valence-electron chi connectivity index (χ0n) is 11.5. The Kier molecular flexibility index (Phi) is 4.53. The van der Waals surface area contributed by atoms with Crippen molar-refractivity contribution in [3.05, 3.63) is 29.3 Å². The van der Waals surface area contributed by atoms with Gasteiger partial charge in [-0.2, -0.15) is 0 Å². The molecule has 0 aliphatic carbocycles. The number of aliphatic carboxylic acids is 1. The molecule has 1 atom stereocenters. The lowest BCUT2D eigenvalue weighted by Gasteiger charge is -2.23. The van der Waals surface area contributed by atoms with E-state index in [1.165, 1.54) is 0 Å². The van der Waals surface area contributed by atoms with E-state index in [0.717, 1.165) is 0 Å². The molecule has 1 rings (SSSR count). The topological polar surface area (TPSA) is 92.4 Å². The summed E-state index contributed by atoms with van der Waals surface area (Å²) >= 11 is 0. The largest absolute Gasteiger partial charge is 0.481 e. The van der Waals surface area contributed by atoms with Crippen molar-refractivity contribution < 1.29 is 14.7 Å². The number of nitrogens with two attached hydrogens (primary N) is 1. The van der Waals surface area contributed by atoms with Crippen LogP contribution in [-0.4, -0.2) is 23.5 Å². The first-order valence-electron chi connectivity index (χ1n) is 6.18. The molecule has 0 saturated carbocycles. The minimum atomic E-state index is -0.954. The van der Waals surface area contributed by atoms with Crippen molar-refractivity contribution >= 4 is 17.6 Å². The van der Waals surface area contributed by atoms with Crippen molar-refractivity contribution in [2.75, 3.05) is 12.3 Å². The fourth-order valence-corrected chi connectivity index (χ4v) is 1.62. The fourth-order valence-electron chi connectivity index (χ4n) is 1.62. The van der Waals surface area contributed by atoms with Gasteiger partial charge in [-0.15, -0.1) is 0 Å². The summed E-state index contributed by atoms with van der Waals surface area (Å²) in [6.07, 6.45) is 0.443. The van der Waals surface area contributed by atoms with Crippen molar-refractivity contribution in [3.63, 3.8) is 0 Å². The average molecular weight is 264 g/mol. The third kappa shape index (κ3) is 3.24. The summed E-state index contributed by atoms with van der Waals surface area (Å²) in [7, 11) is 0. The fraction of sp³-hybridized carbons (Fsp3) is 0.429. The average Bonchev–Trinajstić information content (AvgIpc) is 2.38. The van der Waals surface area contributed by atoms with E-state index in [4.69, 9.17) is 10.8 Å².